The van der Waals surface area contributed by atoms with Gasteiger partial charge in [0.1, 0.15) is 23.8 Å². The summed E-state index contributed by atoms with van der Waals surface area (Å²) in [5, 5.41) is 6.78. The molecule has 0 spiro atoms. The van der Waals surface area contributed by atoms with Crippen molar-refractivity contribution >= 4 is 6.03 Å². The van der Waals surface area contributed by atoms with E-state index in [1.807, 2.05) is 34.1 Å². The van der Waals surface area contributed by atoms with Crippen LogP contribution in [0.3, 0.4) is 0 Å². The second kappa shape index (κ2) is 7.51. The first kappa shape index (κ1) is 18.7. The third-order valence-electron chi connectivity index (χ3n) is 6.06. The molecule has 1 unspecified atom stereocenters. The molecule has 6 nitrogen and oxygen atoms in total. The Bertz CT molecular complexity index is 1050. The monoisotopic (exact) mass is 409 g/mol. The Morgan fingerprint density at radius 1 is 1.00 bits per heavy atom. The molecule has 1 N–H and O–H groups in total. The second-order valence-electron chi connectivity index (χ2n) is 7.93. The number of halogens is 2. The molecule has 2 aromatic carbocycles. The van der Waals surface area contributed by atoms with Crippen molar-refractivity contribution in [1.29, 1.82) is 0 Å². The number of H-pyrrole nitrogens is 1. The van der Waals surface area contributed by atoms with Crippen LogP contribution in [0.25, 0.3) is 11.1 Å². The Hall–Kier alpha value is -3.29. The third kappa shape index (κ3) is 3.42. The summed E-state index contributed by atoms with van der Waals surface area (Å²) in [6, 6.07) is 11.3. The number of aromatic amines is 1. The fourth-order valence-electron chi connectivity index (χ4n) is 4.27. The van der Waals surface area contributed by atoms with E-state index in [-0.39, 0.29) is 17.9 Å². The first-order valence-corrected chi connectivity index (χ1v) is 10.0. The Labute approximate surface area is 172 Å². The summed E-state index contributed by atoms with van der Waals surface area (Å²) in [7, 11) is 0. The molecule has 0 radical (unpaired) electrons. The van der Waals surface area contributed by atoms with Crippen molar-refractivity contribution in [2.24, 2.45) is 0 Å². The normalized spacial score (nSPS) is 19.2. The average molecular weight is 409 g/mol. The van der Waals surface area contributed by atoms with E-state index in [9.17, 15) is 13.6 Å². The number of amides is 2. The lowest BCUT2D eigenvalue weighted by atomic mass is 9.90. The van der Waals surface area contributed by atoms with Crippen molar-refractivity contribution in [1.82, 2.24) is 25.0 Å². The zero-order valence-corrected chi connectivity index (χ0v) is 16.3. The molecule has 2 saturated heterocycles. The number of nitrogens with zero attached hydrogens (tertiary/aromatic N) is 4. The summed E-state index contributed by atoms with van der Waals surface area (Å²) >= 11 is 0. The van der Waals surface area contributed by atoms with Crippen LogP contribution in [0.1, 0.15) is 29.6 Å². The number of nitrogens with one attached hydrogen (secondary N) is 1. The van der Waals surface area contributed by atoms with Gasteiger partial charge in [-0.05, 0) is 29.7 Å². The van der Waals surface area contributed by atoms with Crippen LogP contribution in [-0.4, -0.2) is 57.2 Å². The van der Waals surface area contributed by atoms with Crippen LogP contribution < -0.4 is 0 Å². The van der Waals surface area contributed by atoms with Crippen molar-refractivity contribution in [2.45, 2.75) is 18.3 Å². The summed E-state index contributed by atoms with van der Waals surface area (Å²) < 4.78 is 27.1. The van der Waals surface area contributed by atoms with Crippen LogP contribution in [0.15, 0.2) is 48.8 Å². The molecule has 1 atom stereocenters. The van der Waals surface area contributed by atoms with Crippen LogP contribution >= 0.6 is 0 Å². The maximum Gasteiger partial charge on any atom is 0.320 e. The van der Waals surface area contributed by atoms with Gasteiger partial charge in [0.2, 0.25) is 0 Å². The number of urea groups is 1. The van der Waals surface area contributed by atoms with Gasteiger partial charge < -0.3 is 9.80 Å². The summed E-state index contributed by atoms with van der Waals surface area (Å²) in [5.74, 6) is 0.167. The number of hydrogen-bond donors (Lipinski definition) is 1. The molecule has 3 aromatic rings. The second-order valence-corrected chi connectivity index (χ2v) is 7.93. The Morgan fingerprint density at radius 2 is 1.77 bits per heavy atom. The van der Waals surface area contributed by atoms with Crippen LogP contribution in [0.5, 0.6) is 0 Å². The van der Waals surface area contributed by atoms with Crippen molar-refractivity contribution < 1.29 is 13.6 Å². The minimum Gasteiger partial charge on any atom is -0.324 e. The molecule has 0 aliphatic carbocycles. The molecule has 0 bridgehead atoms. The van der Waals surface area contributed by atoms with E-state index in [1.165, 1.54) is 18.5 Å². The number of rotatable bonds is 3. The maximum atomic E-state index is 14.0. The van der Waals surface area contributed by atoms with E-state index in [0.717, 1.165) is 30.4 Å². The number of carbonyl (C=O) groups excluding carboxylic acids is 1. The van der Waals surface area contributed by atoms with E-state index >= 15 is 0 Å². The average Bonchev–Trinajstić information content (AvgIpc) is 3.39. The van der Waals surface area contributed by atoms with Crippen LogP contribution in [0, 0.1) is 11.6 Å². The smallest absolute Gasteiger partial charge is 0.320 e. The van der Waals surface area contributed by atoms with Crippen molar-refractivity contribution in [3.63, 3.8) is 0 Å². The molecule has 2 amide bonds. The van der Waals surface area contributed by atoms with Gasteiger partial charge in [-0.25, -0.2) is 18.6 Å². The molecule has 3 heterocycles. The highest BCUT2D eigenvalue weighted by Gasteiger charge is 2.37. The minimum absolute atomic E-state index is 0.0678. The molecule has 30 heavy (non-hydrogen) atoms. The zero-order chi connectivity index (χ0) is 20.7. The number of aromatic nitrogens is 3. The molecule has 1 aromatic heterocycles. The SMILES string of the molecule is O=C(N1CC(c2ccc(-c3ccc(F)cc3F)cc2)C1)N1CCC(c2ncn[nH]2)C1. The molecule has 8 heteroatoms. The minimum atomic E-state index is -0.586. The van der Waals surface area contributed by atoms with Gasteiger partial charge in [-0.15, -0.1) is 0 Å². The van der Waals surface area contributed by atoms with Crippen LogP contribution in [-0.2, 0) is 0 Å². The number of benzene rings is 2. The van der Waals surface area contributed by atoms with Gasteiger partial charge in [0.15, 0.2) is 0 Å². The highest BCUT2D eigenvalue weighted by atomic mass is 19.1. The van der Waals surface area contributed by atoms with Crippen molar-refractivity contribution in [3.8, 4) is 11.1 Å². The van der Waals surface area contributed by atoms with Gasteiger partial charge in [-0.3, -0.25) is 5.10 Å². The Kier molecular flexibility index (Phi) is 4.69. The lowest BCUT2D eigenvalue weighted by molar-refractivity contribution is 0.121. The van der Waals surface area contributed by atoms with E-state index in [1.54, 1.807) is 0 Å². The predicted molar refractivity (Wildman–Crippen MR) is 107 cm³/mol. The molecular weight excluding hydrogens is 388 g/mol. The van der Waals surface area contributed by atoms with Crippen LogP contribution in [0.4, 0.5) is 13.6 Å². The van der Waals surface area contributed by atoms with Gasteiger partial charge in [-0.2, -0.15) is 5.10 Å². The standard InChI is InChI=1S/C22H21F2N5O/c23-18-5-6-19(20(24)9-18)15-3-1-14(2-4-15)17-11-29(12-17)22(30)28-8-7-16(10-28)21-25-13-26-27-21/h1-6,9,13,16-17H,7-8,10-12H2,(H,25,26,27). The highest BCUT2D eigenvalue weighted by Crippen LogP contribution is 2.32. The quantitative estimate of drug-likeness (QED) is 0.716. The first-order valence-electron chi connectivity index (χ1n) is 10.0. The van der Waals surface area contributed by atoms with Crippen molar-refractivity contribution in [2.75, 3.05) is 26.2 Å². The fourth-order valence-corrected chi connectivity index (χ4v) is 4.27. The van der Waals surface area contributed by atoms with E-state index in [4.69, 9.17) is 0 Å². The lowest BCUT2D eigenvalue weighted by Gasteiger charge is -2.41. The largest absolute Gasteiger partial charge is 0.324 e. The van der Waals surface area contributed by atoms with Gasteiger partial charge >= 0.3 is 6.03 Å². The lowest BCUT2D eigenvalue weighted by Crippen LogP contribution is -2.53. The molecule has 2 aliphatic heterocycles. The summed E-state index contributed by atoms with van der Waals surface area (Å²) in [6.07, 6.45) is 2.38. The molecule has 154 valence electrons. The molecule has 0 saturated carbocycles. The van der Waals surface area contributed by atoms with E-state index in [2.05, 4.69) is 15.2 Å². The first-order chi connectivity index (χ1) is 14.6. The van der Waals surface area contributed by atoms with E-state index < -0.39 is 11.6 Å². The summed E-state index contributed by atoms with van der Waals surface area (Å²) in [4.78, 5) is 20.7. The molecular formula is C22H21F2N5O. The molecule has 5 rings (SSSR count). The number of likely N-dealkylation sites (tertiary alicyclic amines) is 2. The van der Waals surface area contributed by atoms with Crippen LogP contribution in [0.2, 0.25) is 0 Å². The third-order valence-corrected chi connectivity index (χ3v) is 6.06. The predicted octanol–water partition coefficient (Wildman–Crippen LogP) is 3.76. The number of hydrogen-bond acceptors (Lipinski definition) is 3. The van der Waals surface area contributed by atoms with Gasteiger partial charge in [0.25, 0.3) is 0 Å². The van der Waals surface area contributed by atoms with Gasteiger partial charge in [-0.1, -0.05) is 24.3 Å². The maximum absolute atomic E-state index is 14.0. The fraction of sp³-hybridized carbons (Fsp3) is 0.318. The summed E-state index contributed by atoms with van der Waals surface area (Å²) in [6.45, 7) is 2.73. The highest BCUT2D eigenvalue weighted by molar-refractivity contribution is 5.76. The molecule has 2 fully saturated rings. The number of carbonyl (C=O) groups is 1. The molecule has 2 aliphatic rings. The Morgan fingerprint density at radius 3 is 2.47 bits per heavy atom. The zero-order valence-electron chi connectivity index (χ0n) is 16.3. The Balaban J connectivity index is 1.18. The van der Waals surface area contributed by atoms with Gasteiger partial charge in [0.05, 0.1) is 0 Å². The van der Waals surface area contributed by atoms with Crippen molar-refractivity contribution in [3.05, 3.63) is 71.8 Å². The topological polar surface area (TPSA) is 65.1 Å². The summed E-state index contributed by atoms with van der Waals surface area (Å²) in [5.41, 5.74) is 2.20. The van der Waals surface area contributed by atoms with Gasteiger partial charge in [0, 0.05) is 49.6 Å². The van der Waals surface area contributed by atoms with E-state index in [0.29, 0.717) is 30.8 Å².